The largest absolute Gasteiger partial charge is 0.452 e. The Labute approximate surface area is 132 Å². The molecule has 0 saturated carbocycles. The van der Waals surface area contributed by atoms with Crippen molar-refractivity contribution in [2.24, 2.45) is 0 Å². The quantitative estimate of drug-likeness (QED) is 0.807. The fourth-order valence-corrected chi connectivity index (χ4v) is 3.85. The summed E-state index contributed by atoms with van der Waals surface area (Å²) >= 11 is 6.81. The molecule has 19 heavy (non-hydrogen) atoms. The fraction of sp³-hybridized carbons (Fsp3) is 0.714. The average Bonchev–Trinajstić information content (AvgIpc) is 2.51. The molecule has 0 bridgehead atoms. The van der Waals surface area contributed by atoms with Crippen molar-refractivity contribution in [3.05, 3.63) is 21.0 Å². The van der Waals surface area contributed by atoms with Crippen LogP contribution in [0.4, 0.5) is 0 Å². The number of hydrogen-bond donors (Lipinski definition) is 2. The normalized spacial score (nSPS) is 22.6. The van der Waals surface area contributed by atoms with Crippen molar-refractivity contribution in [3.8, 4) is 0 Å². The molecule has 1 saturated heterocycles. The maximum Gasteiger partial charge on any atom is 0.183 e. The van der Waals surface area contributed by atoms with Gasteiger partial charge in [-0.1, -0.05) is 0 Å². The van der Waals surface area contributed by atoms with E-state index in [-0.39, 0.29) is 11.1 Å². The smallest absolute Gasteiger partial charge is 0.183 e. The molecule has 1 aromatic heterocycles. The molecule has 1 fully saturated rings. The molecule has 0 radical (unpaired) electrons. The molecule has 5 heteroatoms. The maximum atomic E-state index is 5.60. The molecular weight excluding hydrogens is 372 g/mol. The third kappa shape index (κ3) is 4.31. The number of hydrogen-bond acceptors (Lipinski definition) is 3. The average molecular weight is 394 g/mol. The van der Waals surface area contributed by atoms with Crippen molar-refractivity contribution in [1.82, 2.24) is 10.6 Å². The van der Waals surface area contributed by atoms with Crippen molar-refractivity contribution >= 4 is 31.9 Å². The summed E-state index contributed by atoms with van der Waals surface area (Å²) in [5, 5.41) is 7.31. The molecule has 2 heterocycles. The summed E-state index contributed by atoms with van der Waals surface area (Å²) in [4.78, 5) is 0. The van der Waals surface area contributed by atoms with Crippen LogP contribution in [0.3, 0.4) is 0 Å². The first kappa shape index (κ1) is 15.5. The van der Waals surface area contributed by atoms with Crippen LogP contribution < -0.4 is 10.6 Å². The van der Waals surface area contributed by atoms with Gasteiger partial charge in [-0.2, -0.15) is 0 Å². The Bertz CT molecular complexity index is 419. The molecule has 108 valence electrons. The van der Waals surface area contributed by atoms with Crippen LogP contribution in [0, 0.1) is 0 Å². The second kappa shape index (κ2) is 5.51. The highest BCUT2D eigenvalue weighted by atomic mass is 79.9. The van der Waals surface area contributed by atoms with Gasteiger partial charge >= 0.3 is 0 Å². The van der Waals surface area contributed by atoms with Crippen LogP contribution in [-0.4, -0.2) is 17.1 Å². The lowest BCUT2D eigenvalue weighted by Gasteiger charge is -2.46. The van der Waals surface area contributed by atoms with Gasteiger partial charge in [-0.05, 0) is 78.5 Å². The van der Waals surface area contributed by atoms with E-state index in [1.165, 1.54) is 0 Å². The minimum atomic E-state index is 0.170. The van der Waals surface area contributed by atoms with E-state index in [1.54, 1.807) is 0 Å². The van der Waals surface area contributed by atoms with Gasteiger partial charge in [0.2, 0.25) is 0 Å². The molecule has 0 atom stereocenters. The predicted octanol–water partition coefficient (Wildman–Crippen LogP) is 4.20. The number of piperidine rings is 1. The molecule has 3 nitrogen and oxygen atoms in total. The summed E-state index contributed by atoms with van der Waals surface area (Å²) < 4.78 is 7.33. The first-order valence-corrected chi connectivity index (χ1v) is 8.22. The van der Waals surface area contributed by atoms with Crippen LogP contribution in [0.2, 0.25) is 0 Å². The summed E-state index contributed by atoms with van der Waals surface area (Å²) in [6.07, 6.45) is 2.25. The standard InChI is InChI=1S/C14H22Br2N2O/c1-13(2)6-9(7-14(3,4)18-13)17-8-10-5-11(15)12(16)19-10/h5,9,17-18H,6-8H2,1-4H3. The summed E-state index contributed by atoms with van der Waals surface area (Å²) in [6, 6.07) is 2.52. The van der Waals surface area contributed by atoms with E-state index in [2.05, 4.69) is 70.2 Å². The van der Waals surface area contributed by atoms with Crippen LogP contribution >= 0.6 is 31.9 Å². The van der Waals surface area contributed by atoms with E-state index in [0.29, 0.717) is 6.04 Å². The Morgan fingerprint density at radius 2 is 1.84 bits per heavy atom. The van der Waals surface area contributed by atoms with E-state index in [9.17, 15) is 0 Å². The van der Waals surface area contributed by atoms with Crippen LogP contribution in [-0.2, 0) is 6.54 Å². The third-order valence-electron chi connectivity index (χ3n) is 3.45. The summed E-state index contributed by atoms with van der Waals surface area (Å²) in [5.41, 5.74) is 0.341. The SMILES string of the molecule is CC1(C)CC(NCc2cc(Br)c(Br)o2)CC(C)(C)N1. The van der Waals surface area contributed by atoms with Crippen molar-refractivity contribution in [3.63, 3.8) is 0 Å². The highest BCUT2D eigenvalue weighted by Gasteiger charge is 2.37. The minimum Gasteiger partial charge on any atom is -0.452 e. The zero-order valence-electron chi connectivity index (χ0n) is 11.9. The molecule has 0 unspecified atom stereocenters. The topological polar surface area (TPSA) is 37.2 Å². The van der Waals surface area contributed by atoms with Gasteiger partial charge in [-0.15, -0.1) is 0 Å². The van der Waals surface area contributed by atoms with Gasteiger partial charge in [0.05, 0.1) is 11.0 Å². The van der Waals surface area contributed by atoms with Gasteiger partial charge in [0.1, 0.15) is 5.76 Å². The van der Waals surface area contributed by atoms with Gasteiger partial charge in [0, 0.05) is 17.1 Å². The molecule has 1 aliphatic rings. The zero-order chi connectivity index (χ0) is 14.3. The minimum absolute atomic E-state index is 0.170. The van der Waals surface area contributed by atoms with E-state index in [0.717, 1.165) is 34.3 Å². The summed E-state index contributed by atoms with van der Waals surface area (Å²) in [5.74, 6) is 0.952. The van der Waals surface area contributed by atoms with Crippen LogP contribution in [0.25, 0.3) is 0 Å². The lowest BCUT2D eigenvalue weighted by atomic mass is 9.79. The van der Waals surface area contributed by atoms with Gasteiger partial charge in [0.25, 0.3) is 0 Å². The van der Waals surface area contributed by atoms with Gasteiger partial charge in [-0.25, -0.2) is 0 Å². The van der Waals surface area contributed by atoms with E-state index < -0.39 is 0 Å². The van der Waals surface area contributed by atoms with Crippen molar-refractivity contribution in [1.29, 1.82) is 0 Å². The fourth-order valence-electron chi connectivity index (χ4n) is 3.19. The molecule has 2 N–H and O–H groups in total. The molecule has 1 aliphatic heterocycles. The number of furan rings is 1. The van der Waals surface area contributed by atoms with E-state index in [4.69, 9.17) is 4.42 Å². The Morgan fingerprint density at radius 1 is 1.26 bits per heavy atom. The van der Waals surface area contributed by atoms with Gasteiger partial charge in [-0.3, -0.25) is 0 Å². The monoisotopic (exact) mass is 392 g/mol. The molecule has 2 rings (SSSR count). The maximum absolute atomic E-state index is 5.60. The second-order valence-corrected chi connectivity index (χ2v) is 8.29. The van der Waals surface area contributed by atoms with Crippen LogP contribution in [0.1, 0.15) is 46.3 Å². The lowest BCUT2D eigenvalue weighted by molar-refractivity contribution is 0.144. The summed E-state index contributed by atoms with van der Waals surface area (Å²) in [7, 11) is 0. The Kier molecular flexibility index (Phi) is 4.51. The molecule has 0 aromatic carbocycles. The van der Waals surface area contributed by atoms with Crippen LogP contribution in [0.5, 0.6) is 0 Å². The van der Waals surface area contributed by atoms with E-state index >= 15 is 0 Å². The van der Waals surface area contributed by atoms with E-state index in [1.807, 2.05) is 6.07 Å². The lowest BCUT2D eigenvalue weighted by Crippen LogP contribution is -2.61. The third-order valence-corrected chi connectivity index (χ3v) is 5.16. The first-order chi connectivity index (χ1) is 8.67. The van der Waals surface area contributed by atoms with Crippen LogP contribution in [0.15, 0.2) is 19.6 Å². The zero-order valence-corrected chi connectivity index (χ0v) is 15.1. The van der Waals surface area contributed by atoms with Gasteiger partial charge < -0.3 is 15.1 Å². The molecule has 0 aliphatic carbocycles. The first-order valence-electron chi connectivity index (χ1n) is 6.63. The van der Waals surface area contributed by atoms with Crippen molar-refractivity contribution in [2.75, 3.05) is 0 Å². The summed E-state index contributed by atoms with van der Waals surface area (Å²) in [6.45, 7) is 9.83. The molecule has 1 aromatic rings. The molecule has 0 amide bonds. The highest BCUT2D eigenvalue weighted by Crippen LogP contribution is 2.30. The van der Waals surface area contributed by atoms with Crippen molar-refractivity contribution in [2.45, 2.75) is 64.2 Å². The van der Waals surface area contributed by atoms with Crippen molar-refractivity contribution < 1.29 is 4.42 Å². The van der Waals surface area contributed by atoms with Gasteiger partial charge in [0.15, 0.2) is 4.67 Å². The second-order valence-electron chi connectivity index (χ2n) is 6.71. The Morgan fingerprint density at radius 3 is 2.32 bits per heavy atom. The predicted molar refractivity (Wildman–Crippen MR) is 85.3 cm³/mol. The number of rotatable bonds is 3. The Hall–Kier alpha value is 0.160. The number of nitrogens with one attached hydrogen (secondary N) is 2. The Balaban J connectivity index is 1.95. The molecular formula is C14H22Br2N2O. The molecule has 0 spiro atoms. The number of halogens is 2. The highest BCUT2D eigenvalue weighted by molar-refractivity contribution is 9.13.